The summed E-state index contributed by atoms with van der Waals surface area (Å²) in [5.41, 5.74) is 5.49. The van der Waals surface area contributed by atoms with Crippen LogP contribution in [-0.2, 0) is 14.3 Å². The van der Waals surface area contributed by atoms with Crippen LogP contribution in [0, 0.1) is 5.92 Å². The van der Waals surface area contributed by atoms with E-state index in [1.54, 1.807) is 6.92 Å². The third kappa shape index (κ3) is 6.36. The van der Waals surface area contributed by atoms with Crippen molar-refractivity contribution in [3.05, 3.63) is 0 Å². The van der Waals surface area contributed by atoms with Crippen molar-refractivity contribution in [3.8, 4) is 0 Å². The Hall–Kier alpha value is -1.14. The number of amides is 1. The van der Waals surface area contributed by atoms with Gasteiger partial charge in [-0.3, -0.25) is 9.59 Å². The molecular formula is C10H20N2O4. The Balaban J connectivity index is 3.58. The number of nitrogens with two attached hydrogens (primary N) is 1. The number of methoxy groups -OCH3 is 1. The molecule has 0 aromatic rings. The Labute approximate surface area is 95.1 Å². The first-order valence-electron chi connectivity index (χ1n) is 5.24. The van der Waals surface area contributed by atoms with Gasteiger partial charge in [0.25, 0.3) is 0 Å². The van der Waals surface area contributed by atoms with Crippen molar-refractivity contribution in [2.45, 2.75) is 25.8 Å². The molecule has 2 unspecified atom stereocenters. The third-order valence-corrected chi connectivity index (χ3v) is 2.22. The lowest BCUT2D eigenvalue weighted by atomic mass is 10.1. The van der Waals surface area contributed by atoms with E-state index in [4.69, 9.17) is 15.6 Å². The summed E-state index contributed by atoms with van der Waals surface area (Å²) >= 11 is 0. The fourth-order valence-corrected chi connectivity index (χ4v) is 1.13. The number of aliphatic carboxylic acids is 1. The van der Waals surface area contributed by atoms with Crippen LogP contribution in [0.2, 0.25) is 0 Å². The molecule has 94 valence electrons. The average Bonchev–Trinajstić information content (AvgIpc) is 2.23. The molecule has 0 fully saturated rings. The van der Waals surface area contributed by atoms with Crippen molar-refractivity contribution in [1.82, 2.24) is 5.32 Å². The number of hydrogen-bond acceptors (Lipinski definition) is 4. The Morgan fingerprint density at radius 2 is 2.12 bits per heavy atom. The molecule has 0 aliphatic carbocycles. The van der Waals surface area contributed by atoms with Gasteiger partial charge in [0.05, 0.1) is 12.5 Å². The van der Waals surface area contributed by atoms with Gasteiger partial charge < -0.3 is 20.9 Å². The maximum absolute atomic E-state index is 11.3. The van der Waals surface area contributed by atoms with E-state index in [0.29, 0.717) is 19.4 Å². The van der Waals surface area contributed by atoms with Crippen LogP contribution >= 0.6 is 0 Å². The van der Waals surface area contributed by atoms with Crippen LogP contribution in [0.5, 0.6) is 0 Å². The minimum atomic E-state index is -0.817. The maximum atomic E-state index is 11.3. The van der Waals surface area contributed by atoms with Crippen LogP contribution in [0.15, 0.2) is 0 Å². The highest BCUT2D eigenvalue weighted by atomic mass is 16.5. The Morgan fingerprint density at radius 1 is 1.50 bits per heavy atom. The van der Waals surface area contributed by atoms with E-state index in [2.05, 4.69) is 5.32 Å². The van der Waals surface area contributed by atoms with Gasteiger partial charge in [0.1, 0.15) is 6.04 Å². The average molecular weight is 232 g/mol. The monoisotopic (exact) mass is 232 g/mol. The van der Waals surface area contributed by atoms with Crippen molar-refractivity contribution >= 4 is 11.9 Å². The smallest absolute Gasteiger partial charge is 0.306 e. The molecule has 6 heteroatoms. The number of nitrogens with one attached hydrogen (secondary N) is 1. The summed E-state index contributed by atoms with van der Waals surface area (Å²) < 4.78 is 4.74. The number of carbonyl (C=O) groups is 2. The van der Waals surface area contributed by atoms with Gasteiger partial charge in [-0.1, -0.05) is 6.92 Å². The van der Waals surface area contributed by atoms with E-state index in [-0.39, 0.29) is 18.4 Å². The number of rotatable bonds is 8. The zero-order chi connectivity index (χ0) is 12.6. The lowest BCUT2D eigenvalue weighted by molar-refractivity contribution is -0.141. The molecule has 0 aromatic carbocycles. The standard InChI is InChI=1S/C10H20N2O4/c1-7(10(14)15)4-3-5-12-9(13)8(11)6-16-2/h7-8H,3-6,11H2,1-2H3,(H,12,13)(H,14,15). The van der Waals surface area contributed by atoms with E-state index < -0.39 is 12.0 Å². The van der Waals surface area contributed by atoms with E-state index in [0.717, 1.165) is 0 Å². The van der Waals surface area contributed by atoms with Crippen LogP contribution in [0.1, 0.15) is 19.8 Å². The molecule has 0 aliphatic heterocycles. The van der Waals surface area contributed by atoms with Crippen LogP contribution in [0.3, 0.4) is 0 Å². The summed E-state index contributed by atoms with van der Waals surface area (Å²) in [5.74, 6) is -1.48. The molecule has 0 heterocycles. The Morgan fingerprint density at radius 3 is 2.62 bits per heavy atom. The maximum Gasteiger partial charge on any atom is 0.306 e. The van der Waals surface area contributed by atoms with Crippen molar-refractivity contribution in [3.63, 3.8) is 0 Å². The fourth-order valence-electron chi connectivity index (χ4n) is 1.13. The Bertz CT molecular complexity index is 233. The van der Waals surface area contributed by atoms with Crippen molar-refractivity contribution in [2.24, 2.45) is 11.7 Å². The molecule has 2 atom stereocenters. The SMILES string of the molecule is COCC(N)C(=O)NCCCC(C)C(=O)O. The number of carbonyl (C=O) groups excluding carboxylic acids is 1. The number of carboxylic acids is 1. The topological polar surface area (TPSA) is 102 Å². The Kier molecular flexibility index (Phi) is 7.49. The van der Waals surface area contributed by atoms with E-state index in [1.165, 1.54) is 7.11 Å². The number of hydrogen-bond donors (Lipinski definition) is 3. The highest BCUT2D eigenvalue weighted by molar-refractivity contribution is 5.81. The molecule has 0 saturated carbocycles. The summed E-state index contributed by atoms with van der Waals surface area (Å²) in [6, 6.07) is -0.665. The highest BCUT2D eigenvalue weighted by Crippen LogP contribution is 2.04. The molecule has 16 heavy (non-hydrogen) atoms. The van der Waals surface area contributed by atoms with Gasteiger partial charge in [-0.25, -0.2) is 0 Å². The lowest BCUT2D eigenvalue weighted by Gasteiger charge is -2.11. The van der Waals surface area contributed by atoms with Crippen molar-refractivity contribution in [1.29, 1.82) is 0 Å². The van der Waals surface area contributed by atoms with Gasteiger partial charge in [-0.15, -0.1) is 0 Å². The summed E-state index contributed by atoms with van der Waals surface area (Å²) in [7, 11) is 1.47. The molecule has 6 nitrogen and oxygen atoms in total. The predicted molar refractivity (Wildman–Crippen MR) is 58.9 cm³/mol. The predicted octanol–water partition coefficient (Wildman–Crippen LogP) is -0.423. The molecule has 0 aliphatic rings. The molecular weight excluding hydrogens is 212 g/mol. The quantitative estimate of drug-likeness (QED) is 0.493. The van der Waals surface area contributed by atoms with Crippen molar-refractivity contribution in [2.75, 3.05) is 20.3 Å². The molecule has 0 spiro atoms. The van der Waals surface area contributed by atoms with Crippen LogP contribution in [-0.4, -0.2) is 43.3 Å². The minimum absolute atomic E-state index is 0.178. The van der Waals surface area contributed by atoms with Gasteiger partial charge in [-0.05, 0) is 12.8 Å². The molecule has 0 bridgehead atoms. The second kappa shape index (κ2) is 8.06. The zero-order valence-corrected chi connectivity index (χ0v) is 9.73. The molecule has 0 aromatic heterocycles. The lowest BCUT2D eigenvalue weighted by Crippen LogP contribution is -2.43. The van der Waals surface area contributed by atoms with Gasteiger partial charge in [-0.2, -0.15) is 0 Å². The first-order chi connectivity index (χ1) is 7.49. The molecule has 0 radical (unpaired) electrons. The third-order valence-electron chi connectivity index (χ3n) is 2.22. The van der Waals surface area contributed by atoms with E-state index in [9.17, 15) is 9.59 Å². The molecule has 0 rings (SSSR count). The fraction of sp³-hybridized carbons (Fsp3) is 0.800. The highest BCUT2D eigenvalue weighted by Gasteiger charge is 2.13. The van der Waals surface area contributed by atoms with E-state index in [1.807, 2.05) is 0 Å². The summed E-state index contributed by atoms with van der Waals surface area (Å²) in [6.45, 7) is 2.26. The normalized spacial score (nSPS) is 14.2. The zero-order valence-electron chi connectivity index (χ0n) is 9.73. The van der Waals surface area contributed by atoms with Crippen LogP contribution in [0.25, 0.3) is 0 Å². The van der Waals surface area contributed by atoms with Crippen LogP contribution in [0.4, 0.5) is 0 Å². The van der Waals surface area contributed by atoms with Crippen LogP contribution < -0.4 is 11.1 Å². The summed E-state index contributed by atoms with van der Waals surface area (Å²) in [5, 5.41) is 11.2. The van der Waals surface area contributed by atoms with E-state index >= 15 is 0 Å². The number of carboxylic acid groups (broad SMARTS) is 1. The number of ether oxygens (including phenoxy) is 1. The van der Waals surface area contributed by atoms with Gasteiger partial charge in [0.2, 0.25) is 5.91 Å². The molecule has 0 saturated heterocycles. The molecule has 1 amide bonds. The largest absolute Gasteiger partial charge is 0.481 e. The summed E-state index contributed by atoms with van der Waals surface area (Å²) in [4.78, 5) is 21.8. The second-order valence-electron chi connectivity index (χ2n) is 3.73. The second-order valence-corrected chi connectivity index (χ2v) is 3.73. The van der Waals surface area contributed by atoms with Gasteiger partial charge in [0.15, 0.2) is 0 Å². The van der Waals surface area contributed by atoms with Gasteiger partial charge in [0, 0.05) is 13.7 Å². The van der Waals surface area contributed by atoms with Crippen molar-refractivity contribution < 1.29 is 19.4 Å². The minimum Gasteiger partial charge on any atom is -0.481 e. The summed E-state index contributed by atoms with van der Waals surface area (Å²) in [6.07, 6.45) is 1.16. The van der Waals surface area contributed by atoms with Gasteiger partial charge >= 0.3 is 5.97 Å². The molecule has 4 N–H and O–H groups in total. The first-order valence-corrected chi connectivity index (χ1v) is 5.24. The first kappa shape index (κ1) is 14.9.